The van der Waals surface area contributed by atoms with Crippen LogP contribution in [0.15, 0.2) is 56.6 Å². The van der Waals surface area contributed by atoms with Gasteiger partial charge in [0.05, 0.1) is 16.5 Å². The van der Waals surface area contributed by atoms with Crippen molar-refractivity contribution in [1.82, 2.24) is 9.29 Å². The van der Waals surface area contributed by atoms with Crippen molar-refractivity contribution in [2.45, 2.75) is 17.4 Å². The van der Waals surface area contributed by atoms with Crippen LogP contribution >= 0.6 is 0 Å². The van der Waals surface area contributed by atoms with Gasteiger partial charge in [0.25, 0.3) is 0 Å². The first-order valence-electron chi connectivity index (χ1n) is 7.77. The normalized spacial score (nSPS) is 17.2. The number of hydrogen-bond acceptors (Lipinski definition) is 5. The van der Waals surface area contributed by atoms with Crippen LogP contribution in [0.4, 0.5) is 0 Å². The average molecular weight is 360 g/mol. The molecule has 25 heavy (non-hydrogen) atoms. The number of fused-ring (bicyclic) bond motifs is 2. The Morgan fingerprint density at radius 2 is 2.00 bits per heavy atom. The number of para-hydroxylation sites is 1. The van der Waals surface area contributed by atoms with Gasteiger partial charge < -0.3 is 9.15 Å². The number of aryl methyl sites for hydroxylation is 1. The molecule has 1 N–H and O–H groups in total. The van der Waals surface area contributed by atoms with Gasteiger partial charge in [0.2, 0.25) is 10.0 Å². The van der Waals surface area contributed by atoms with E-state index in [0.717, 1.165) is 11.3 Å². The van der Waals surface area contributed by atoms with Crippen molar-refractivity contribution in [3.63, 3.8) is 0 Å². The van der Waals surface area contributed by atoms with E-state index in [9.17, 15) is 13.2 Å². The summed E-state index contributed by atoms with van der Waals surface area (Å²) in [5.41, 5.74) is 1.74. The van der Waals surface area contributed by atoms with Gasteiger partial charge in [-0.2, -0.15) is 0 Å². The summed E-state index contributed by atoms with van der Waals surface area (Å²) >= 11 is 0. The first-order valence-corrected chi connectivity index (χ1v) is 9.25. The van der Waals surface area contributed by atoms with Crippen LogP contribution in [-0.2, 0) is 23.5 Å². The first-order chi connectivity index (χ1) is 11.9. The van der Waals surface area contributed by atoms with Gasteiger partial charge in [-0.05, 0) is 30.2 Å². The van der Waals surface area contributed by atoms with Gasteiger partial charge in [0, 0.05) is 13.1 Å². The smallest absolute Gasteiger partial charge is 0.419 e. The Morgan fingerprint density at radius 3 is 2.84 bits per heavy atom. The van der Waals surface area contributed by atoms with Crippen LogP contribution < -0.4 is 15.2 Å². The minimum absolute atomic E-state index is 0.0493. The quantitative estimate of drug-likeness (QED) is 0.763. The summed E-state index contributed by atoms with van der Waals surface area (Å²) in [6, 6.07) is 11.6. The van der Waals surface area contributed by atoms with E-state index in [1.807, 2.05) is 24.3 Å². The number of nitrogens with one attached hydrogen (secondary N) is 1. The standard InChI is InChI=1S/C17H16N2O5S/c1-19-14-7-6-13(9-16(14)24-17(19)20)25(21,22)18-12-8-11-4-2-3-5-15(11)23-10-12/h2-7,9,12,18H,8,10H2,1H3/t12-/m1/s1. The zero-order valence-electron chi connectivity index (χ0n) is 13.4. The molecular formula is C17H16N2O5S. The topological polar surface area (TPSA) is 90.5 Å². The van der Waals surface area contributed by atoms with E-state index < -0.39 is 15.8 Å². The third-order valence-corrected chi connectivity index (χ3v) is 5.79. The number of sulfonamides is 1. The van der Waals surface area contributed by atoms with Crippen molar-refractivity contribution < 1.29 is 17.6 Å². The molecule has 1 aromatic heterocycles. The summed E-state index contributed by atoms with van der Waals surface area (Å²) in [4.78, 5) is 11.6. The first kappa shape index (κ1) is 15.9. The number of hydrogen-bond donors (Lipinski definition) is 1. The van der Waals surface area contributed by atoms with E-state index in [4.69, 9.17) is 9.15 Å². The summed E-state index contributed by atoms with van der Waals surface area (Å²) < 4.78 is 40.0. The summed E-state index contributed by atoms with van der Waals surface area (Å²) in [5.74, 6) is 0.250. The van der Waals surface area contributed by atoms with Crippen LogP contribution in [0.5, 0.6) is 5.75 Å². The van der Waals surface area contributed by atoms with E-state index >= 15 is 0 Å². The minimum atomic E-state index is -3.76. The van der Waals surface area contributed by atoms with Crippen LogP contribution in [0.25, 0.3) is 11.1 Å². The van der Waals surface area contributed by atoms with E-state index in [-0.39, 0.29) is 23.1 Å². The molecule has 2 aromatic carbocycles. The highest BCUT2D eigenvalue weighted by molar-refractivity contribution is 7.89. The predicted molar refractivity (Wildman–Crippen MR) is 91.2 cm³/mol. The molecule has 0 amide bonds. The van der Waals surface area contributed by atoms with Crippen molar-refractivity contribution >= 4 is 21.1 Å². The molecule has 1 aliphatic rings. The highest BCUT2D eigenvalue weighted by Gasteiger charge is 2.25. The van der Waals surface area contributed by atoms with Crippen LogP contribution in [0, 0.1) is 0 Å². The number of rotatable bonds is 3. The zero-order chi connectivity index (χ0) is 17.6. The molecule has 0 fully saturated rings. The number of nitrogens with zero attached hydrogens (tertiary/aromatic N) is 1. The molecule has 0 unspecified atom stereocenters. The van der Waals surface area contributed by atoms with Gasteiger partial charge in [0.15, 0.2) is 5.58 Å². The molecule has 3 aromatic rings. The molecule has 0 spiro atoms. The van der Waals surface area contributed by atoms with Crippen LogP contribution in [0.2, 0.25) is 0 Å². The van der Waals surface area contributed by atoms with Gasteiger partial charge in [0.1, 0.15) is 12.4 Å². The Bertz CT molecular complexity index is 1110. The second kappa shape index (κ2) is 5.75. The Balaban J connectivity index is 1.61. The fourth-order valence-electron chi connectivity index (χ4n) is 2.97. The number of oxazole rings is 1. The molecule has 2 heterocycles. The molecule has 4 rings (SSSR count). The third-order valence-electron chi connectivity index (χ3n) is 4.27. The summed E-state index contributed by atoms with van der Waals surface area (Å²) in [5, 5.41) is 0. The highest BCUT2D eigenvalue weighted by Crippen LogP contribution is 2.25. The van der Waals surface area contributed by atoms with Gasteiger partial charge in [-0.25, -0.2) is 17.9 Å². The number of benzene rings is 2. The van der Waals surface area contributed by atoms with E-state index in [0.29, 0.717) is 11.9 Å². The molecule has 1 atom stereocenters. The van der Waals surface area contributed by atoms with Crippen molar-refractivity contribution in [3.8, 4) is 5.75 Å². The van der Waals surface area contributed by atoms with E-state index in [1.165, 1.54) is 16.7 Å². The molecule has 0 bridgehead atoms. The van der Waals surface area contributed by atoms with Crippen molar-refractivity contribution in [1.29, 1.82) is 0 Å². The van der Waals surface area contributed by atoms with Gasteiger partial charge in [-0.15, -0.1) is 0 Å². The lowest BCUT2D eigenvalue weighted by atomic mass is 10.0. The maximum Gasteiger partial charge on any atom is 0.419 e. The Morgan fingerprint density at radius 1 is 1.20 bits per heavy atom. The predicted octanol–water partition coefficient (Wildman–Crippen LogP) is 1.41. The maximum atomic E-state index is 12.7. The molecule has 7 nitrogen and oxygen atoms in total. The molecule has 1 aliphatic heterocycles. The Kier molecular flexibility index (Phi) is 3.66. The SMILES string of the molecule is Cn1c(=O)oc2cc(S(=O)(=O)N[C@H]3COc4ccccc4C3)ccc21. The Hall–Kier alpha value is -2.58. The van der Waals surface area contributed by atoms with Crippen LogP contribution in [-0.4, -0.2) is 25.6 Å². The number of ether oxygens (including phenoxy) is 1. The molecular weight excluding hydrogens is 344 g/mol. The lowest BCUT2D eigenvalue weighted by molar-refractivity contribution is 0.254. The van der Waals surface area contributed by atoms with Gasteiger partial charge >= 0.3 is 5.76 Å². The third kappa shape index (κ3) is 2.83. The van der Waals surface area contributed by atoms with Crippen molar-refractivity contribution in [2.75, 3.05) is 6.61 Å². The second-order valence-electron chi connectivity index (χ2n) is 6.00. The van der Waals surface area contributed by atoms with E-state index in [1.54, 1.807) is 13.1 Å². The molecule has 130 valence electrons. The largest absolute Gasteiger partial charge is 0.492 e. The molecule has 0 saturated carbocycles. The highest BCUT2D eigenvalue weighted by atomic mass is 32.2. The fourth-order valence-corrected chi connectivity index (χ4v) is 4.21. The molecule has 8 heteroatoms. The van der Waals surface area contributed by atoms with Crippen molar-refractivity contribution in [2.24, 2.45) is 7.05 Å². The van der Waals surface area contributed by atoms with Crippen molar-refractivity contribution in [3.05, 3.63) is 58.6 Å². The van der Waals surface area contributed by atoms with Crippen LogP contribution in [0.1, 0.15) is 5.56 Å². The maximum absolute atomic E-state index is 12.7. The molecule has 0 radical (unpaired) electrons. The number of aromatic nitrogens is 1. The van der Waals surface area contributed by atoms with Crippen LogP contribution in [0.3, 0.4) is 0 Å². The summed E-state index contributed by atoms with van der Waals surface area (Å²) in [6.45, 7) is 0.263. The molecule has 0 saturated heterocycles. The zero-order valence-corrected chi connectivity index (χ0v) is 14.2. The average Bonchev–Trinajstić information content (AvgIpc) is 2.88. The fraction of sp³-hybridized carbons (Fsp3) is 0.235. The van der Waals surface area contributed by atoms with E-state index in [2.05, 4.69) is 4.72 Å². The molecule has 0 aliphatic carbocycles. The van der Waals surface area contributed by atoms with Gasteiger partial charge in [-0.1, -0.05) is 18.2 Å². The Labute approximate surface area is 143 Å². The second-order valence-corrected chi connectivity index (χ2v) is 7.71. The monoisotopic (exact) mass is 360 g/mol. The van der Waals surface area contributed by atoms with Gasteiger partial charge in [-0.3, -0.25) is 4.57 Å². The summed E-state index contributed by atoms with van der Waals surface area (Å²) in [7, 11) is -2.19. The minimum Gasteiger partial charge on any atom is -0.492 e. The summed E-state index contributed by atoms with van der Waals surface area (Å²) in [6.07, 6.45) is 0.554. The lowest BCUT2D eigenvalue weighted by Gasteiger charge is -2.25. The lowest BCUT2D eigenvalue weighted by Crippen LogP contribution is -2.42.